The van der Waals surface area contributed by atoms with Crippen LogP contribution in [0.2, 0.25) is 0 Å². The molecule has 5 nitrogen and oxygen atoms in total. The molecule has 0 radical (unpaired) electrons. The molecule has 0 aromatic carbocycles. The molecule has 2 aliphatic heterocycles. The second kappa shape index (κ2) is 7.82. The zero-order chi connectivity index (χ0) is 13.5. The molecule has 2 aliphatic rings. The number of rotatable bonds is 4. The van der Waals surface area contributed by atoms with Crippen molar-refractivity contribution in [3.05, 3.63) is 0 Å². The first kappa shape index (κ1) is 14.8. The number of nitrogens with two attached hydrogens (primary N) is 1. The normalized spacial score (nSPS) is 27.6. The van der Waals surface area contributed by atoms with E-state index in [0.717, 1.165) is 77.9 Å². The summed E-state index contributed by atoms with van der Waals surface area (Å²) in [6, 6.07) is 0.108. The molecule has 2 rings (SSSR count). The molecule has 0 aliphatic carbocycles. The van der Waals surface area contributed by atoms with Gasteiger partial charge >= 0.3 is 0 Å². The number of hydrogen-bond acceptors (Lipinski definition) is 4. The summed E-state index contributed by atoms with van der Waals surface area (Å²) in [6.07, 6.45) is 5.54. The van der Waals surface area contributed by atoms with Gasteiger partial charge in [0.1, 0.15) is 0 Å². The predicted octanol–water partition coefficient (Wildman–Crippen LogP) is 0.0116. The number of carbonyl (C=O) groups excluding carboxylic acids is 1. The minimum absolute atomic E-state index is 0.108. The van der Waals surface area contributed by atoms with Crippen LogP contribution in [0.5, 0.6) is 0 Å². The van der Waals surface area contributed by atoms with E-state index in [-0.39, 0.29) is 11.9 Å². The third kappa shape index (κ3) is 4.44. The zero-order valence-corrected chi connectivity index (χ0v) is 11.9. The second-order valence-corrected chi connectivity index (χ2v) is 5.68. The molecule has 0 aromatic heterocycles. The minimum Gasteiger partial charge on any atom is -0.355 e. The van der Waals surface area contributed by atoms with Crippen LogP contribution in [-0.4, -0.2) is 67.6 Å². The number of amides is 1. The van der Waals surface area contributed by atoms with Gasteiger partial charge in [0.25, 0.3) is 0 Å². The minimum atomic E-state index is 0.108. The Morgan fingerprint density at radius 1 is 1.16 bits per heavy atom. The maximum absolute atomic E-state index is 12.1. The van der Waals surface area contributed by atoms with Crippen LogP contribution in [-0.2, 0) is 4.79 Å². The van der Waals surface area contributed by atoms with Gasteiger partial charge in [-0.25, -0.2) is 0 Å². The molecule has 1 unspecified atom stereocenters. The highest BCUT2D eigenvalue weighted by atomic mass is 16.2. The van der Waals surface area contributed by atoms with Crippen LogP contribution in [0.1, 0.15) is 32.1 Å². The highest BCUT2D eigenvalue weighted by Gasteiger charge is 2.28. The Labute approximate surface area is 116 Å². The largest absolute Gasteiger partial charge is 0.355 e. The van der Waals surface area contributed by atoms with Crippen molar-refractivity contribution in [3.8, 4) is 0 Å². The van der Waals surface area contributed by atoms with Gasteiger partial charge < -0.3 is 16.0 Å². The van der Waals surface area contributed by atoms with Gasteiger partial charge in [-0.1, -0.05) is 0 Å². The molecule has 2 fully saturated rings. The zero-order valence-electron chi connectivity index (χ0n) is 11.9. The summed E-state index contributed by atoms with van der Waals surface area (Å²) in [4.78, 5) is 17.0. The lowest BCUT2D eigenvalue weighted by atomic mass is 10.1. The van der Waals surface area contributed by atoms with Crippen LogP contribution in [0.15, 0.2) is 0 Å². The molecular formula is C14H28N4O. The number of hydrogen-bond donors (Lipinski definition) is 2. The van der Waals surface area contributed by atoms with Crippen molar-refractivity contribution in [1.29, 1.82) is 0 Å². The van der Waals surface area contributed by atoms with Crippen molar-refractivity contribution in [2.24, 2.45) is 5.73 Å². The lowest BCUT2D eigenvalue weighted by Crippen LogP contribution is -2.47. The van der Waals surface area contributed by atoms with Crippen LogP contribution in [0.3, 0.4) is 0 Å². The molecule has 0 spiro atoms. The summed E-state index contributed by atoms with van der Waals surface area (Å²) in [5.74, 6) is 0.243. The van der Waals surface area contributed by atoms with E-state index < -0.39 is 0 Å². The average Bonchev–Trinajstić information content (AvgIpc) is 2.76. The van der Waals surface area contributed by atoms with Crippen molar-refractivity contribution in [2.45, 2.75) is 38.1 Å². The Balaban J connectivity index is 1.85. The van der Waals surface area contributed by atoms with E-state index in [1.807, 2.05) is 0 Å². The molecule has 1 amide bonds. The number of nitrogens with one attached hydrogen (secondary N) is 1. The maximum Gasteiger partial charge on any atom is 0.237 e. The number of carbonyl (C=O) groups is 1. The van der Waals surface area contributed by atoms with Gasteiger partial charge in [0, 0.05) is 26.2 Å². The molecule has 2 saturated heterocycles. The summed E-state index contributed by atoms with van der Waals surface area (Å²) in [5.41, 5.74) is 5.57. The molecule has 1 atom stereocenters. The Morgan fingerprint density at radius 2 is 2.05 bits per heavy atom. The van der Waals surface area contributed by atoms with E-state index in [1.165, 1.54) is 0 Å². The number of nitrogens with zero attached hydrogens (tertiary/aromatic N) is 2. The van der Waals surface area contributed by atoms with Gasteiger partial charge in [0.15, 0.2) is 0 Å². The topological polar surface area (TPSA) is 61.6 Å². The van der Waals surface area contributed by atoms with Crippen molar-refractivity contribution < 1.29 is 4.79 Å². The van der Waals surface area contributed by atoms with Crippen molar-refractivity contribution in [1.82, 2.24) is 15.1 Å². The van der Waals surface area contributed by atoms with Crippen molar-refractivity contribution in [2.75, 3.05) is 45.8 Å². The quantitative estimate of drug-likeness (QED) is 0.754. The molecule has 3 N–H and O–H groups in total. The first-order valence-electron chi connectivity index (χ1n) is 7.75. The van der Waals surface area contributed by atoms with Crippen LogP contribution in [0, 0.1) is 0 Å². The molecule has 5 heteroatoms. The molecule has 0 saturated carbocycles. The van der Waals surface area contributed by atoms with Gasteiger partial charge in [-0.15, -0.1) is 0 Å². The van der Waals surface area contributed by atoms with E-state index in [0.29, 0.717) is 0 Å². The van der Waals surface area contributed by atoms with Gasteiger partial charge in [-0.2, -0.15) is 0 Å². The molecule has 2 heterocycles. The third-order valence-corrected chi connectivity index (χ3v) is 4.25. The van der Waals surface area contributed by atoms with E-state index >= 15 is 0 Å². The fourth-order valence-electron chi connectivity index (χ4n) is 3.11. The highest BCUT2D eigenvalue weighted by Crippen LogP contribution is 2.15. The molecule has 0 aromatic rings. The fraction of sp³-hybridized carbons (Fsp3) is 0.929. The molecular weight excluding hydrogens is 240 g/mol. The monoisotopic (exact) mass is 268 g/mol. The van der Waals surface area contributed by atoms with E-state index in [1.54, 1.807) is 0 Å². The van der Waals surface area contributed by atoms with Crippen molar-refractivity contribution >= 4 is 5.91 Å². The molecule has 110 valence electrons. The highest BCUT2D eigenvalue weighted by molar-refractivity contribution is 5.81. The Kier molecular flexibility index (Phi) is 6.07. The molecule has 19 heavy (non-hydrogen) atoms. The summed E-state index contributed by atoms with van der Waals surface area (Å²) >= 11 is 0. The van der Waals surface area contributed by atoms with Crippen molar-refractivity contribution in [3.63, 3.8) is 0 Å². The Bertz CT molecular complexity index is 285. The van der Waals surface area contributed by atoms with Crippen LogP contribution >= 0.6 is 0 Å². The average molecular weight is 268 g/mol. The van der Waals surface area contributed by atoms with Crippen LogP contribution in [0.4, 0.5) is 0 Å². The smallest absolute Gasteiger partial charge is 0.237 e. The standard InChI is InChI=1S/C14H28N4O/c15-6-3-8-17-9-4-10-18(12-11-17)13-5-1-2-7-16-14(13)19/h13H,1-12,15H2,(H,16,19). The Morgan fingerprint density at radius 3 is 2.89 bits per heavy atom. The summed E-state index contributed by atoms with van der Waals surface area (Å²) in [6.45, 7) is 7.01. The lowest BCUT2D eigenvalue weighted by molar-refractivity contribution is -0.126. The summed E-state index contributed by atoms with van der Waals surface area (Å²) in [7, 11) is 0. The van der Waals surface area contributed by atoms with E-state index in [2.05, 4.69) is 15.1 Å². The van der Waals surface area contributed by atoms with Gasteiger partial charge in [0.05, 0.1) is 6.04 Å². The SMILES string of the molecule is NCCCN1CCCN(C2CCCCNC2=O)CC1. The first-order chi connectivity index (χ1) is 9.31. The summed E-state index contributed by atoms with van der Waals surface area (Å²) in [5, 5.41) is 3.05. The van der Waals surface area contributed by atoms with E-state index in [9.17, 15) is 4.79 Å². The maximum atomic E-state index is 12.1. The van der Waals surface area contributed by atoms with Gasteiger partial charge in [-0.05, 0) is 51.7 Å². The van der Waals surface area contributed by atoms with Crippen LogP contribution in [0.25, 0.3) is 0 Å². The summed E-state index contributed by atoms with van der Waals surface area (Å²) < 4.78 is 0. The Hall–Kier alpha value is -0.650. The van der Waals surface area contributed by atoms with Gasteiger partial charge in [-0.3, -0.25) is 9.69 Å². The predicted molar refractivity (Wildman–Crippen MR) is 77.0 cm³/mol. The first-order valence-corrected chi connectivity index (χ1v) is 7.75. The lowest BCUT2D eigenvalue weighted by Gasteiger charge is -2.28. The van der Waals surface area contributed by atoms with Gasteiger partial charge in [0.2, 0.25) is 5.91 Å². The third-order valence-electron chi connectivity index (χ3n) is 4.25. The second-order valence-electron chi connectivity index (χ2n) is 5.68. The van der Waals surface area contributed by atoms with E-state index in [4.69, 9.17) is 5.73 Å². The fourth-order valence-corrected chi connectivity index (χ4v) is 3.11. The van der Waals surface area contributed by atoms with Crippen LogP contribution < -0.4 is 11.1 Å². The molecule has 0 bridgehead atoms.